The van der Waals surface area contributed by atoms with Gasteiger partial charge in [0.15, 0.2) is 5.13 Å². The third-order valence-electron chi connectivity index (χ3n) is 3.68. The first kappa shape index (κ1) is 15.2. The number of hydrogen-bond donors (Lipinski definition) is 1. The third kappa shape index (κ3) is 4.15. The van der Waals surface area contributed by atoms with Crippen LogP contribution < -0.4 is 5.32 Å². The predicted octanol–water partition coefficient (Wildman–Crippen LogP) is 3.20. The first-order chi connectivity index (χ1) is 9.58. The molecule has 1 aliphatic heterocycles. The second-order valence-corrected chi connectivity index (χ2v) is 6.56. The fourth-order valence-electron chi connectivity index (χ4n) is 2.35. The van der Waals surface area contributed by atoms with E-state index in [1.165, 1.54) is 36.9 Å². The highest BCUT2D eigenvalue weighted by Crippen LogP contribution is 2.26. The standard InChI is InChI=1S/C15H23N3OS/c1-4-5-14(19)17-15-16-12(3)13(20-15)10-18-8-6-11(2)7-9-18/h4-5,11H,6-10H2,1-3H3,(H,16,17,19)/b5-4+. The lowest BCUT2D eigenvalue weighted by Crippen LogP contribution is -2.32. The number of anilines is 1. The molecule has 20 heavy (non-hydrogen) atoms. The van der Waals surface area contributed by atoms with Crippen molar-refractivity contribution < 1.29 is 4.79 Å². The van der Waals surface area contributed by atoms with E-state index in [1.54, 1.807) is 17.4 Å². The van der Waals surface area contributed by atoms with E-state index in [0.29, 0.717) is 5.13 Å². The van der Waals surface area contributed by atoms with Crippen molar-refractivity contribution in [2.45, 2.75) is 40.2 Å². The fraction of sp³-hybridized carbons (Fsp3) is 0.600. The molecule has 110 valence electrons. The average Bonchev–Trinajstić information content (AvgIpc) is 2.72. The maximum atomic E-state index is 11.5. The van der Waals surface area contributed by atoms with Gasteiger partial charge < -0.3 is 0 Å². The topological polar surface area (TPSA) is 45.2 Å². The van der Waals surface area contributed by atoms with Crippen LogP contribution in [0.3, 0.4) is 0 Å². The van der Waals surface area contributed by atoms with Gasteiger partial charge in [0.1, 0.15) is 0 Å². The first-order valence-corrected chi connectivity index (χ1v) is 8.02. The molecule has 2 rings (SSSR count). The summed E-state index contributed by atoms with van der Waals surface area (Å²) in [6, 6.07) is 0. The minimum absolute atomic E-state index is 0.111. The van der Waals surface area contributed by atoms with Crippen molar-refractivity contribution in [3.05, 3.63) is 22.7 Å². The highest BCUT2D eigenvalue weighted by atomic mass is 32.1. The molecule has 0 bridgehead atoms. The predicted molar refractivity (Wildman–Crippen MR) is 84.0 cm³/mol. The van der Waals surface area contributed by atoms with Crippen molar-refractivity contribution in [1.29, 1.82) is 0 Å². The zero-order valence-electron chi connectivity index (χ0n) is 12.5. The van der Waals surface area contributed by atoms with E-state index in [4.69, 9.17) is 0 Å². The van der Waals surface area contributed by atoms with Gasteiger partial charge in [0, 0.05) is 11.4 Å². The number of aromatic nitrogens is 1. The summed E-state index contributed by atoms with van der Waals surface area (Å²) in [5, 5.41) is 3.51. The summed E-state index contributed by atoms with van der Waals surface area (Å²) in [7, 11) is 0. The molecule has 1 N–H and O–H groups in total. The van der Waals surface area contributed by atoms with Crippen LogP contribution >= 0.6 is 11.3 Å². The fourth-order valence-corrected chi connectivity index (χ4v) is 3.36. The smallest absolute Gasteiger partial charge is 0.249 e. The van der Waals surface area contributed by atoms with Crippen LogP contribution in [0.4, 0.5) is 5.13 Å². The number of carbonyl (C=O) groups is 1. The molecule has 2 heterocycles. The van der Waals surface area contributed by atoms with Gasteiger partial charge in [-0.25, -0.2) is 4.98 Å². The molecule has 0 atom stereocenters. The van der Waals surface area contributed by atoms with E-state index in [0.717, 1.165) is 18.2 Å². The Kier molecular flexibility index (Phi) is 5.31. The second kappa shape index (κ2) is 6.99. The first-order valence-electron chi connectivity index (χ1n) is 7.21. The Labute approximate surface area is 124 Å². The summed E-state index contributed by atoms with van der Waals surface area (Å²) in [5.74, 6) is 0.740. The van der Waals surface area contributed by atoms with E-state index in [-0.39, 0.29) is 5.91 Å². The minimum atomic E-state index is -0.111. The highest BCUT2D eigenvalue weighted by Gasteiger charge is 2.18. The lowest BCUT2D eigenvalue weighted by Gasteiger charge is -2.29. The van der Waals surface area contributed by atoms with Crippen LogP contribution in [0.2, 0.25) is 0 Å². The van der Waals surface area contributed by atoms with E-state index in [9.17, 15) is 4.79 Å². The number of nitrogens with one attached hydrogen (secondary N) is 1. The number of hydrogen-bond acceptors (Lipinski definition) is 4. The van der Waals surface area contributed by atoms with E-state index >= 15 is 0 Å². The molecule has 1 fully saturated rings. The van der Waals surface area contributed by atoms with Gasteiger partial charge in [0.2, 0.25) is 5.91 Å². The van der Waals surface area contributed by atoms with Crippen molar-refractivity contribution in [2.75, 3.05) is 18.4 Å². The van der Waals surface area contributed by atoms with Crippen molar-refractivity contribution >= 4 is 22.4 Å². The van der Waals surface area contributed by atoms with Crippen molar-refractivity contribution in [3.63, 3.8) is 0 Å². The van der Waals surface area contributed by atoms with Crippen LogP contribution in [-0.4, -0.2) is 28.9 Å². The largest absolute Gasteiger partial charge is 0.298 e. The van der Waals surface area contributed by atoms with Gasteiger partial charge in [-0.15, -0.1) is 11.3 Å². The summed E-state index contributed by atoms with van der Waals surface area (Å²) in [6.45, 7) is 9.45. The molecule has 0 saturated carbocycles. The van der Waals surface area contributed by atoms with Crippen molar-refractivity contribution in [1.82, 2.24) is 9.88 Å². The number of aryl methyl sites for hydroxylation is 1. The summed E-state index contributed by atoms with van der Waals surface area (Å²) in [4.78, 5) is 19.7. The quantitative estimate of drug-likeness (QED) is 0.867. The van der Waals surface area contributed by atoms with Gasteiger partial charge in [-0.3, -0.25) is 15.0 Å². The number of likely N-dealkylation sites (tertiary alicyclic amines) is 1. The van der Waals surface area contributed by atoms with Gasteiger partial charge in [0.25, 0.3) is 0 Å². The minimum Gasteiger partial charge on any atom is -0.298 e. The SMILES string of the molecule is C/C=C/C(=O)Nc1nc(C)c(CN2CCC(C)CC2)s1. The lowest BCUT2D eigenvalue weighted by atomic mass is 9.99. The van der Waals surface area contributed by atoms with Crippen LogP contribution in [0.15, 0.2) is 12.2 Å². The van der Waals surface area contributed by atoms with E-state index < -0.39 is 0 Å². The molecular formula is C15H23N3OS. The Bertz CT molecular complexity index is 487. The van der Waals surface area contributed by atoms with Crippen molar-refractivity contribution in [3.8, 4) is 0 Å². The number of carbonyl (C=O) groups excluding carboxylic acids is 1. The molecule has 1 aliphatic rings. The number of rotatable bonds is 4. The molecule has 1 saturated heterocycles. The summed E-state index contributed by atoms with van der Waals surface area (Å²) >= 11 is 1.59. The van der Waals surface area contributed by atoms with Gasteiger partial charge in [-0.1, -0.05) is 13.0 Å². The Morgan fingerprint density at radius 1 is 1.50 bits per heavy atom. The molecule has 5 heteroatoms. The molecule has 0 radical (unpaired) electrons. The van der Waals surface area contributed by atoms with Gasteiger partial charge in [-0.05, 0) is 51.8 Å². The molecule has 0 spiro atoms. The molecule has 1 aromatic rings. The maximum Gasteiger partial charge on any atom is 0.249 e. The van der Waals surface area contributed by atoms with E-state index in [2.05, 4.69) is 22.1 Å². The summed E-state index contributed by atoms with van der Waals surface area (Å²) in [6.07, 6.45) is 5.81. The lowest BCUT2D eigenvalue weighted by molar-refractivity contribution is -0.111. The maximum absolute atomic E-state index is 11.5. The number of nitrogens with zero attached hydrogens (tertiary/aromatic N) is 2. The Morgan fingerprint density at radius 3 is 2.85 bits per heavy atom. The number of amides is 1. The zero-order chi connectivity index (χ0) is 14.5. The van der Waals surface area contributed by atoms with Crippen molar-refractivity contribution in [2.24, 2.45) is 5.92 Å². The summed E-state index contributed by atoms with van der Waals surface area (Å²) < 4.78 is 0. The zero-order valence-corrected chi connectivity index (χ0v) is 13.3. The second-order valence-electron chi connectivity index (χ2n) is 5.48. The van der Waals surface area contributed by atoms with Gasteiger partial charge >= 0.3 is 0 Å². The highest BCUT2D eigenvalue weighted by molar-refractivity contribution is 7.15. The van der Waals surface area contributed by atoms with Gasteiger partial charge in [-0.2, -0.15) is 0 Å². The van der Waals surface area contributed by atoms with Gasteiger partial charge in [0.05, 0.1) is 5.69 Å². The normalized spacial score (nSPS) is 17.8. The molecule has 0 unspecified atom stereocenters. The molecule has 1 aromatic heterocycles. The summed E-state index contributed by atoms with van der Waals surface area (Å²) in [5.41, 5.74) is 1.03. The number of allylic oxidation sites excluding steroid dienone is 1. The average molecular weight is 293 g/mol. The molecule has 4 nitrogen and oxygen atoms in total. The van der Waals surface area contributed by atoms with Crippen LogP contribution in [0, 0.1) is 12.8 Å². The number of piperidine rings is 1. The number of thiazole rings is 1. The van der Waals surface area contributed by atoms with Crippen LogP contribution in [-0.2, 0) is 11.3 Å². The molecular weight excluding hydrogens is 270 g/mol. The van der Waals surface area contributed by atoms with Crippen LogP contribution in [0.5, 0.6) is 0 Å². The Hall–Kier alpha value is -1.20. The molecule has 0 aromatic carbocycles. The molecule has 1 amide bonds. The third-order valence-corrected chi connectivity index (χ3v) is 4.74. The van der Waals surface area contributed by atoms with Crippen LogP contribution in [0.25, 0.3) is 0 Å². The van der Waals surface area contributed by atoms with Crippen LogP contribution in [0.1, 0.15) is 37.3 Å². The molecule has 0 aliphatic carbocycles. The Balaban J connectivity index is 1.95. The Morgan fingerprint density at radius 2 is 2.20 bits per heavy atom. The van der Waals surface area contributed by atoms with E-state index in [1.807, 2.05) is 13.8 Å². The monoisotopic (exact) mass is 293 g/mol.